The molecule has 1 aliphatic rings. The predicted octanol–water partition coefficient (Wildman–Crippen LogP) is 12.7. The highest BCUT2D eigenvalue weighted by Crippen LogP contribution is 2.26. The zero-order chi connectivity index (χ0) is 49.0. The number of carbonyl (C=O) groups excluding carboxylic acids is 3. The predicted molar refractivity (Wildman–Crippen MR) is 266 cm³/mol. The SMILES string of the molecule is CC/C=C\C/C=C\C/C=C\C/C=C\CCC(=O)OC(COC(=O)CCCCCCCCCCCCCCCCC)COC1OC(C(=O)O)C(O)C(O)C1OC(=O)CCCCCCCCCCC. The van der Waals surface area contributed by atoms with E-state index < -0.39 is 67.3 Å². The minimum absolute atomic E-state index is 0.0445. The number of hydrogen-bond donors (Lipinski definition) is 3. The Morgan fingerprint density at radius 2 is 0.940 bits per heavy atom. The summed E-state index contributed by atoms with van der Waals surface area (Å²) in [7, 11) is 0. The Kier molecular flexibility index (Phi) is 40.4. The number of aliphatic hydroxyl groups excluding tert-OH is 2. The third-order valence-corrected chi connectivity index (χ3v) is 11.9. The largest absolute Gasteiger partial charge is 0.479 e. The van der Waals surface area contributed by atoms with E-state index in [9.17, 15) is 34.5 Å². The number of unbranched alkanes of at least 4 members (excludes halogenated alkanes) is 22. The normalized spacial score (nSPS) is 19.2. The van der Waals surface area contributed by atoms with Gasteiger partial charge in [0.05, 0.1) is 6.61 Å². The van der Waals surface area contributed by atoms with Crippen LogP contribution in [0.15, 0.2) is 48.6 Å². The summed E-state index contributed by atoms with van der Waals surface area (Å²) in [5.41, 5.74) is 0. The molecule has 0 radical (unpaired) electrons. The second-order valence-corrected chi connectivity index (χ2v) is 18.1. The average molecular weight is 947 g/mol. The first kappa shape index (κ1) is 61.7. The smallest absolute Gasteiger partial charge is 0.335 e. The van der Waals surface area contributed by atoms with Gasteiger partial charge in [-0.3, -0.25) is 14.4 Å². The van der Waals surface area contributed by atoms with Crippen LogP contribution in [0.2, 0.25) is 0 Å². The standard InChI is InChI=1S/C55H94O12/c1-4-7-10-13-16-19-21-23-24-26-27-30-32-35-38-41-47(56)63-44-46(65-48(57)42-39-36-34-31-28-25-22-20-17-14-11-8-5-2)45-64-55-53(51(60)50(59)52(67-55)54(61)62)66-49(58)43-40-37-33-29-18-15-12-9-6-3/h8,11,17,20,25,28,34,36,46,50-53,55,59-60H,4-7,9-10,12-16,18-19,21-24,26-27,29-33,35,37-45H2,1-3H3,(H,61,62)/b11-8-,20-17-,28-25-,36-34-. The molecule has 0 amide bonds. The summed E-state index contributed by atoms with van der Waals surface area (Å²) >= 11 is 0. The molecule has 1 saturated heterocycles. The number of allylic oxidation sites excluding steroid dienone is 8. The molecule has 0 aromatic heterocycles. The molecule has 0 bridgehead atoms. The van der Waals surface area contributed by atoms with E-state index in [-0.39, 0.29) is 25.9 Å². The minimum atomic E-state index is -1.91. The number of aliphatic carboxylic acids is 1. The first-order chi connectivity index (χ1) is 32.6. The molecule has 1 rings (SSSR count). The Hall–Kier alpha value is -3.32. The van der Waals surface area contributed by atoms with E-state index >= 15 is 0 Å². The highest BCUT2D eigenvalue weighted by Gasteiger charge is 2.50. The lowest BCUT2D eigenvalue weighted by atomic mass is 9.98. The summed E-state index contributed by atoms with van der Waals surface area (Å²) in [4.78, 5) is 50.7. The molecule has 0 spiro atoms. The summed E-state index contributed by atoms with van der Waals surface area (Å²) in [5, 5.41) is 31.3. The first-order valence-corrected chi connectivity index (χ1v) is 26.6. The average Bonchev–Trinajstić information content (AvgIpc) is 3.31. The van der Waals surface area contributed by atoms with Gasteiger partial charge in [-0.25, -0.2) is 4.79 Å². The van der Waals surface area contributed by atoms with Crippen molar-refractivity contribution in [1.82, 2.24) is 0 Å². The van der Waals surface area contributed by atoms with Crippen molar-refractivity contribution in [3.8, 4) is 0 Å². The van der Waals surface area contributed by atoms with Gasteiger partial charge in [-0.15, -0.1) is 0 Å². The lowest BCUT2D eigenvalue weighted by Gasteiger charge is -2.40. The summed E-state index contributed by atoms with van der Waals surface area (Å²) in [5.74, 6) is -3.22. The van der Waals surface area contributed by atoms with Gasteiger partial charge >= 0.3 is 23.9 Å². The van der Waals surface area contributed by atoms with Gasteiger partial charge in [0, 0.05) is 19.3 Å². The van der Waals surface area contributed by atoms with E-state index in [1.165, 1.54) is 96.3 Å². The number of rotatable bonds is 44. The van der Waals surface area contributed by atoms with Crippen molar-refractivity contribution in [2.75, 3.05) is 13.2 Å². The van der Waals surface area contributed by atoms with E-state index in [0.717, 1.165) is 64.2 Å². The summed E-state index contributed by atoms with van der Waals surface area (Å²) < 4.78 is 28.2. The fourth-order valence-corrected chi connectivity index (χ4v) is 7.85. The first-order valence-electron chi connectivity index (χ1n) is 26.6. The molecule has 386 valence electrons. The number of aliphatic hydroxyl groups is 2. The maximum atomic E-state index is 13.0. The van der Waals surface area contributed by atoms with Crippen molar-refractivity contribution < 1.29 is 58.2 Å². The summed E-state index contributed by atoms with van der Waals surface area (Å²) in [6, 6.07) is 0. The van der Waals surface area contributed by atoms with Crippen LogP contribution >= 0.6 is 0 Å². The molecule has 0 aromatic carbocycles. The maximum Gasteiger partial charge on any atom is 0.335 e. The van der Waals surface area contributed by atoms with Crippen molar-refractivity contribution >= 4 is 23.9 Å². The van der Waals surface area contributed by atoms with E-state index in [2.05, 4.69) is 57.2 Å². The van der Waals surface area contributed by atoms with Crippen LogP contribution in [0.5, 0.6) is 0 Å². The van der Waals surface area contributed by atoms with Gasteiger partial charge in [-0.1, -0.05) is 211 Å². The van der Waals surface area contributed by atoms with Crippen molar-refractivity contribution in [2.45, 2.75) is 263 Å². The fourth-order valence-electron chi connectivity index (χ4n) is 7.85. The highest BCUT2D eigenvalue weighted by molar-refractivity contribution is 5.74. The van der Waals surface area contributed by atoms with Gasteiger partial charge in [0.25, 0.3) is 0 Å². The number of ether oxygens (including phenoxy) is 5. The van der Waals surface area contributed by atoms with E-state index in [1.54, 1.807) is 0 Å². The Labute approximate surface area is 405 Å². The Morgan fingerprint density at radius 3 is 1.40 bits per heavy atom. The van der Waals surface area contributed by atoms with E-state index in [1.807, 2.05) is 12.2 Å². The molecule has 67 heavy (non-hydrogen) atoms. The molecule has 12 nitrogen and oxygen atoms in total. The highest BCUT2D eigenvalue weighted by atomic mass is 16.7. The Balaban J connectivity index is 2.75. The van der Waals surface area contributed by atoms with Gasteiger partial charge in [-0.05, 0) is 44.9 Å². The zero-order valence-corrected chi connectivity index (χ0v) is 42.1. The summed E-state index contributed by atoms with van der Waals surface area (Å²) in [6.45, 7) is 5.77. The number of carbonyl (C=O) groups is 4. The molecule has 1 aliphatic heterocycles. The third kappa shape index (κ3) is 34.6. The van der Waals surface area contributed by atoms with Crippen LogP contribution in [0.25, 0.3) is 0 Å². The van der Waals surface area contributed by atoms with Gasteiger partial charge < -0.3 is 39.0 Å². The Bertz CT molecular complexity index is 1360. The number of carboxylic acid groups (broad SMARTS) is 1. The second-order valence-electron chi connectivity index (χ2n) is 18.1. The molecule has 0 aliphatic carbocycles. The molecular formula is C55H94O12. The zero-order valence-electron chi connectivity index (χ0n) is 42.1. The van der Waals surface area contributed by atoms with Crippen molar-refractivity contribution in [1.29, 1.82) is 0 Å². The topological polar surface area (TPSA) is 175 Å². The second kappa shape index (κ2) is 43.9. The van der Waals surface area contributed by atoms with Crippen LogP contribution in [0.1, 0.15) is 226 Å². The van der Waals surface area contributed by atoms with E-state index in [0.29, 0.717) is 25.7 Å². The quantitative estimate of drug-likeness (QED) is 0.0228. The Morgan fingerprint density at radius 1 is 0.507 bits per heavy atom. The van der Waals surface area contributed by atoms with Crippen LogP contribution in [0.3, 0.4) is 0 Å². The molecule has 0 saturated carbocycles. The summed E-state index contributed by atoms with van der Waals surface area (Å²) in [6.07, 6.45) is 38.5. The van der Waals surface area contributed by atoms with Crippen LogP contribution in [-0.2, 0) is 42.9 Å². The minimum Gasteiger partial charge on any atom is -0.479 e. The maximum absolute atomic E-state index is 13.0. The van der Waals surface area contributed by atoms with Gasteiger partial charge in [0.15, 0.2) is 24.6 Å². The fraction of sp³-hybridized carbons (Fsp3) is 0.782. The molecule has 6 unspecified atom stereocenters. The lowest BCUT2D eigenvalue weighted by molar-refractivity contribution is -0.301. The number of hydrogen-bond acceptors (Lipinski definition) is 11. The molecular weight excluding hydrogens is 853 g/mol. The molecule has 1 heterocycles. The van der Waals surface area contributed by atoms with Gasteiger partial charge in [0.2, 0.25) is 0 Å². The number of carboxylic acids is 1. The van der Waals surface area contributed by atoms with Crippen molar-refractivity contribution in [3.05, 3.63) is 48.6 Å². The van der Waals surface area contributed by atoms with E-state index in [4.69, 9.17) is 23.7 Å². The van der Waals surface area contributed by atoms with Crippen LogP contribution < -0.4 is 0 Å². The molecule has 0 aromatic rings. The van der Waals surface area contributed by atoms with Crippen molar-refractivity contribution in [3.63, 3.8) is 0 Å². The third-order valence-electron chi connectivity index (χ3n) is 11.9. The molecule has 3 N–H and O–H groups in total. The van der Waals surface area contributed by atoms with Crippen LogP contribution in [-0.4, -0.2) is 89.2 Å². The molecule has 12 heteroatoms. The molecule has 1 fully saturated rings. The van der Waals surface area contributed by atoms with Gasteiger partial charge in [-0.2, -0.15) is 0 Å². The monoisotopic (exact) mass is 947 g/mol. The van der Waals surface area contributed by atoms with Crippen LogP contribution in [0, 0.1) is 0 Å². The number of esters is 3. The van der Waals surface area contributed by atoms with Crippen molar-refractivity contribution in [2.24, 2.45) is 0 Å². The molecule has 6 atom stereocenters. The van der Waals surface area contributed by atoms with Gasteiger partial charge in [0.1, 0.15) is 18.8 Å². The van der Waals surface area contributed by atoms with Crippen LogP contribution in [0.4, 0.5) is 0 Å². The lowest BCUT2D eigenvalue weighted by Crippen LogP contribution is -2.61.